The fourth-order valence-corrected chi connectivity index (χ4v) is 3.22. The number of sulfone groups is 1. The molecule has 0 unspecified atom stereocenters. The summed E-state index contributed by atoms with van der Waals surface area (Å²) in [5.41, 5.74) is 0. The van der Waals surface area contributed by atoms with Gasteiger partial charge in [-0.1, -0.05) is 6.92 Å². The minimum atomic E-state index is -3.03. The first-order valence-electron chi connectivity index (χ1n) is 4.41. The van der Waals surface area contributed by atoms with Crippen LogP contribution in [-0.2, 0) is 14.6 Å². The predicted octanol–water partition coefficient (Wildman–Crippen LogP) is 0.674. The standard InChI is InChI=1S/C8H14O4S/c1-2-13(11,12)7-4-3-6(5-7)8(9)10/h6-7H,2-5H2,1H3,(H,9,10)/t6-,7-/m1/s1. The third-order valence-corrected chi connectivity index (χ3v) is 4.89. The van der Waals surface area contributed by atoms with E-state index in [1.807, 2.05) is 0 Å². The second-order valence-corrected chi connectivity index (χ2v) is 5.99. The normalized spacial score (nSPS) is 29.0. The Hall–Kier alpha value is -0.580. The summed E-state index contributed by atoms with van der Waals surface area (Å²) in [6, 6.07) is 0. The van der Waals surface area contributed by atoms with Crippen LogP contribution in [0.25, 0.3) is 0 Å². The molecule has 0 aromatic rings. The molecule has 5 heteroatoms. The molecule has 0 saturated heterocycles. The van der Waals surface area contributed by atoms with Crippen molar-refractivity contribution in [2.75, 3.05) is 5.75 Å². The minimum Gasteiger partial charge on any atom is -0.481 e. The van der Waals surface area contributed by atoms with Gasteiger partial charge in [-0.15, -0.1) is 0 Å². The first-order valence-corrected chi connectivity index (χ1v) is 6.13. The van der Waals surface area contributed by atoms with Gasteiger partial charge >= 0.3 is 5.97 Å². The Morgan fingerprint density at radius 3 is 2.46 bits per heavy atom. The fourth-order valence-electron chi connectivity index (χ4n) is 1.73. The summed E-state index contributed by atoms with van der Waals surface area (Å²) in [5.74, 6) is -1.20. The molecule has 0 heterocycles. The summed E-state index contributed by atoms with van der Waals surface area (Å²) in [7, 11) is -3.03. The van der Waals surface area contributed by atoms with Crippen LogP contribution >= 0.6 is 0 Å². The predicted molar refractivity (Wildman–Crippen MR) is 48.2 cm³/mol. The number of carboxylic acids is 1. The summed E-state index contributed by atoms with van der Waals surface area (Å²) < 4.78 is 22.8. The van der Waals surface area contributed by atoms with Crippen LogP contribution in [0.15, 0.2) is 0 Å². The number of carboxylic acid groups (broad SMARTS) is 1. The van der Waals surface area contributed by atoms with E-state index in [4.69, 9.17) is 5.11 Å². The lowest BCUT2D eigenvalue weighted by molar-refractivity contribution is -0.141. The largest absolute Gasteiger partial charge is 0.481 e. The van der Waals surface area contributed by atoms with Crippen LogP contribution in [-0.4, -0.2) is 30.5 Å². The van der Waals surface area contributed by atoms with Gasteiger partial charge in [0, 0.05) is 5.75 Å². The fraction of sp³-hybridized carbons (Fsp3) is 0.875. The summed E-state index contributed by atoms with van der Waals surface area (Å²) in [5, 5.41) is 8.26. The Kier molecular flexibility index (Phi) is 2.95. The lowest BCUT2D eigenvalue weighted by Crippen LogP contribution is -2.21. The van der Waals surface area contributed by atoms with E-state index in [-0.39, 0.29) is 5.75 Å². The molecular weight excluding hydrogens is 192 g/mol. The van der Waals surface area contributed by atoms with Crippen LogP contribution in [0.5, 0.6) is 0 Å². The number of hydrogen-bond acceptors (Lipinski definition) is 3. The van der Waals surface area contributed by atoms with Gasteiger partial charge < -0.3 is 5.11 Å². The molecule has 2 atom stereocenters. The lowest BCUT2D eigenvalue weighted by atomic mass is 10.1. The highest BCUT2D eigenvalue weighted by atomic mass is 32.2. The zero-order valence-electron chi connectivity index (χ0n) is 7.56. The number of hydrogen-bond donors (Lipinski definition) is 1. The molecule has 0 aliphatic heterocycles. The second kappa shape index (κ2) is 3.65. The van der Waals surface area contributed by atoms with Crippen molar-refractivity contribution in [2.24, 2.45) is 5.92 Å². The molecule has 1 rings (SSSR count). The minimum absolute atomic E-state index is 0.115. The van der Waals surface area contributed by atoms with E-state index in [0.29, 0.717) is 19.3 Å². The molecule has 1 aliphatic rings. The Morgan fingerprint density at radius 1 is 1.46 bits per heavy atom. The number of carbonyl (C=O) groups is 1. The van der Waals surface area contributed by atoms with E-state index in [1.54, 1.807) is 6.92 Å². The molecule has 0 bridgehead atoms. The maximum atomic E-state index is 11.4. The molecule has 0 amide bonds. The van der Waals surface area contributed by atoms with Crippen molar-refractivity contribution in [3.8, 4) is 0 Å². The topological polar surface area (TPSA) is 71.4 Å². The molecule has 1 fully saturated rings. The van der Waals surface area contributed by atoms with Crippen molar-refractivity contribution in [2.45, 2.75) is 31.4 Å². The Morgan fingerprint density at radius 2 is 2.08 bits per heavy atom. The van der Waals surface area contributed by atoms with Crippen molar-refractivity contribution >= 4 is 15.8 Å². The maximum Gasteiger partial charge on any atom is 0.306 e. The van der Waals surface area contributed by atoms with Crippen molar-refractivity contribution in [3.05, 3.63) is 0 Å². The van der Waals surface area contributed by atoms with Crippen LogP contribution in [0.1, 0.15) is 26.2 Å². The van der Waals surface area contributed by atoms with Crippen molar-refractivity contribution in [3.63, 3.8) is 0 Å². The van der Waals surface area contributed by atoms with E-state index in [1.165, 1.54) is 0 Å². The van der Waals surface area contributed by atoms with Crippen LogP contribution in [0, 0.1) is 5.92 Å². The summed E-state index contributed by atoms with van der Waals surface area (Å²) >= 11 is 0. The molecule has 0 radical (unpaired) electrons. The van der Waals surface area contributed by atoms with E-state index in [0.717, 1.165) is 0 Å². The summed E-state index contributed by atoms with van der Waals surface area (Å²) in [6.45, 7) is 1.60. The van der Waals surface area contributed by atoms with E-state index >= 15 is 0 Å². The van der Waals surface area contributed by atoms with Crippen molar-refractivity contribution < 1.29 is 18.3 Å². The van der Waals surface area contributed by atoms with Crippen LogP contribution < -0.4 is 0 Å². The molecule has 0 aromatic heterocycles. The van der Waals surface area contributed by atoms with Crippen molar-refractivity contribution in [1.29, 1.82) is 0 Å². The van der Waals surface area contributed by atoms with Crippen LogP contribution in [0.4, 0.5) is 0 Å². The molecule has 13 heavy (non-hydrogen) atoms. The van der Waals surface area contributed by atoms with Crippen molar-refractivity contribution in [1.82, 2.24) is 0 Å². The number of aliphatic carboxylic acids is 1. The summed E-state index contributed by atoms with van der Waals surface area (Å²) in [6.07, 6.45) is 1.30. The highest BCUT2D eigenvalue weighted by Gasteiger charge is 2.36. The van der Waals surface area contributed by atoms with Gasteiger partial charge in [0.25, 0.3) is 0 Å². The molecule has 0 spiro atoms. The van der Waals surface area contributed by atoms with E-state index in [2.05, 4.69) is 0 Å². The third kappa shape index (κ3) is 2.21. The van der Waals surface area contributed by atoms with E-state index in [9.17, 15) is 13.2 Å². The second-order valence-electron chi connectivity index (χ2n) is 3.42. The molecule has 1 aliphatic carbocycles. The summed E-state index contributed by atoms with van der Waals surface area (Å²) in [4.78, 5) is 10.6. The molecule has 1 N–H and O–H groups in total. The molecule has 4 nitrogen and oxygen atoms in total. The van der Waals surface area contributed by atoms with Gasteiger partial charge in [-0.2, -0.15) is 0 Å². The molecular formula is C8H14O4S. The highest BCUT2D eigenvalue weighted by molar-refractivity contribution is 7.92. The Labute approximate surface area is 77.9 Å². The molecule has 0 aromatic carbocycles. The Bertz CT molecular complexity index is 293. The molecule has 1 saturated carbocycles. The smallest absolute Gasteiger partial charge is 0.306 e. The SMILES string of the molecule is CCS(=O)(=O)[C@@H]1CC[C@@H](C(=O)O)C1. The Balaban J connectivity index is 2.65. The maximum absolute atomic E-state index is 11.4. The van der Waals surface area contributed by atoms with Crippen LogP contribution in [0.3, 0.4) is 0 Å². The lowest BCUT2D eigenvalue weighted by Gasteiger charge is -2.08. The van der Waals surface area contributed by atoms with Gasteiger partial charge in [-0.25, -0.2) is 8.42 Å². The first-order chi connectivity index (χ1) is 5.97. The highest BCUT2D eigenvalue weighted by Crippen LogP contribution is 2.30. The third-order valence-electron chi connectivity index (χ3n) is 2.64. The van der Waals surface area contributed by atoms with Crippen LogP contribution in [0.2, 0.25) is 0 Å². The average molecular weight is 206 g/mol. The zero-order chi connectivity index (χ0) is 10.1. The molecule has 76 valence electrons. The van der Waals surface area contributed by atoms with Gasteiger partial charge in [0.15, 0.2) is 9.84 Å². The average Bonchev–Trinajstić information content (AvgIpc) is 2.52. The van der Waals surface area contributed by atoms with Gasteiger partial charge in [0.1, 0.15) is 0 Å². The van der Waals surface area contributed by atoms with Gasteiger partial charge in [-0.05, 0) is 19.3 Å². The zero-order valence-corrected chi connectivity index (χ0v) is 8.38. The van der Waals surface area contributed by atoms with Gasteiger partial charge in [0.05, 0.1) is 11.2 Å². The first kappa shape index (κ1) is 10.5. The monoisotopic (exact) mass is 206 g/mol. The number of rotatable bonds is 3. The van der Waals surface area contributed by atoms with E-state index < -0.39 is 27.0 Å². The van der Waals surface area contributed by atoms with Gasteiger partial charge in [0.2, 0.25) is 0 Å². The van der Waals surface area contributed by atoms with Gasteiger partial charge in [-0.3, -0.25) is 4.79 Å². The quantitative estimate of drug-likeness (QED) is 0.736.